The van der Waals surface area contributed by atoms with Crippen LogP contribution >= 0.6 is 0 Å². The first-order chi connectivity index (χ1) is 14.0. The summed E-state index contributed by atoms with van der Waals surface area (Å²) in [6, 6.07) is 8.78. The van der Waals surface area contributed by atoms with Crippen molar-refractivity contribution in [3.05, 3.63) is 52.6 Å². The number of benzene rings is 2. The number of ether oxygens (including phenoxy) is 3. The Labute approximate surface area is 171 Å². The number of carbonyl (C=O) groups is 1. The molecule has 0 saturated heterocycles. The SMILES string of the molecule is CCN(CC)Cc1ccc(/C=C2\COc3cc(OC)c(OC)cc3C2=O)cc1O. The van der Waals surface area contributed by atoms with Crippen LogP contribution in [0.5, 0.6) is 23.0 Å². The molecular weight excluding hydrogens is 370 g/mol. The molecule has 2 aromatic carbocycles. The normalized spacial score (nSPS) is 14.7. The van der Waals surface area contributed by atoms with Crippen LogP contribution in [-0.4, -0.2) is 49.7 Å². The van der Waals surface area contributed by atoms with Crippen LogP contribution < -0.4 is 14.2 Å². The zero-order valence-electron chi connectivity index (χ0n) is 17.3. The van der Waals surface area contributed by atoms with Crippen molar-refractivity contribution in [1.29, 1.82) is 0 Å². The summed E-state index contributed by atoms with van der Waals surface area (Å²) in [5.74, 6) is 1.56. The number of phenolic OH excluding ortho intramolecular Hbond substituents is 1. The lowest BCUT2D eigenvalue weighted by Crippen LogP contribution is -2.22. The fourth-order valence-electron chi connectivity index (χ4n) is 3.35. The number of Topliss-reactive ketones (excluding diaryl/α,β-unsaturated/α-hetero) is 1. The molecule has 0 radical (unpaired) electrons. The molecule has 1 aliphatic heterocycles. The maximum atomic E-state index is 13.0. The number of fused-ring (bicyclic) bond motifs is 1. The highest BCUT2D eigenvalue weighted by molar-refractivity contribution is 6.14. The Hall–Kier alpha value is -2.99. The average Bonchev–Trinajstić information content (AvgIpc) is 2.74. The number of carbonyl (C=O) groups excluding carboxylic acids is 1. The summed E-state index contributed by atoms with van der Waals surface area (Å²) in [4.78, 5) is 15.2. The maximum Gasteiger partial charge on any atom is 0.196 e. The van der Waals surface area contributed by atoms with Crippen molar-refractivity contribution < 1.29 is 24.1 Å². The molecule has 0 fully saturated rings. The van der Waals surface area contributed by atoms with Crippen molar-refractivity contribution in [3.63, 3.8) is 0 Å². The number of nitrogens with zero attached hydrogens (tertiary/aromatic N) is 1. The number of methoxy groups -OCH3 is 2. The highest BCUT2D eigenvalue weighted by Gasteiger charge is 2.26. The van der Waals surface area contributed by atoms with E-state index >= 15 is 0 Å². The monoisotopic (exact) mass is 397 g/mol. The van der Waals surface area contributed by atoms with Gasteiger partial charge in [0.15, 0.2) is 17.3 Å². The highest BCUT2D eigenvalue weighted by Crippen LogP contribution is 2.38. The quantitative estimate of drug-likeness (QED) is 0.715. The number of hydrogen-bond donors (Lipinski definition) is 1. The molecular formula is C23H27NO5. The summed E-state index contributed by atoms with van der Waals surface area (Å²) < 4.78 is 16.3. The molecule has 154 valence electrons. The summed E-state index contributed by atoms with van der Waals surface area (Å²) in [5, 5.41) is 10.4. The molecule has 0 aliphatic carbocycles. The molecule has 0 amide bonds. The van der Waals surface area contributed by atoms with Crippen LogP contribution in [0.25, 0.3) is 6.08 Å². The smallest absolute Gasteiger partial charge is 0.196 e. The first-order valence-corrected chi connectivity index (χ1v) is 9.69. The minimum absolute atomic E-state index is 0.126. The molecule has 29 heavy (non-hydrogen) atoms. The second-order valence-corrected chi connectivity index (χ2v) is 6.84. The second kappa shape index (κ2) is 9.01. The third kappa shape index (κ3) is 4.38. The Morgan fingerprint density at radius 1 is 1.10 bits per heavy atom. The van der Waals surface area contributed by atoms with E-state index in [0.717, 1.165) is 24.2 Å². The first kappa shape index (κ1) is 20.7. The zero-order valence-corrected chi connectivity index (χ0v) is 17.3. The lowest BCUT2D eigenvalue weighted by atomic mass is 9.97. The van der Waals surface area contributed by atoms with Gasteiger partial charge in [0.25, 0.3) is 0 Å². The molecule has 0 spiro atoms. The summed E-state index contributed by atoms with van der Waals surface area (Å²) >= 11 is 0. The van der Waals surface area contributed by atoms with Gasteiger partial charge in [-0.2, -0.15) is 0 Å². The van der Waals surface area contributed by atoms with Crippen LogP contribution in [0.3, 0.4) is 0 Å². The van der Waals surface area contributed by atoms with Crippen molar-refractivity contribution in [2.45, 2.75) is 20.4 Å². The molecule has 6 heteroatoms. The van der Waals surface area contributed by atoms with Crippen molar-refractivity contribution in [2.24, 2.45) is 0 Å². The minimum atomic E-state index is -0.126. The molecule has 3 rings (SSSR count). The molecule has 0 atom stereocenters. The third-order valence-corrected chi connectivity index (χ3v) is 5.14. The van der Waals surface area contributed by atoms with Gasteiger partial charge in [-0.05, 0) is 36.9 Å². The number of rotatable bonds is 7. The van der Waals surface area contributed by atoms with Gasteiger partial charge in [0, 0.05) is 23.7 Å². The fourth-order valence-corrected chi connectivity index (χ4v) is 3.35. The van der Waals surface area contributed by atoms with Crippen molar-refractivity contribution >= 4 is 11.9 Å². The Balaban J connectivity index is 1.87. The van der Waals surface area contributed by atoms with E-state index in [0.29, 0.717) is 34.9 Å². The van der Waals surface area contributed by atoms with Gasteiger partial charge in [0.05, 0.1) is 19.8 Å². The lowest BCUT2D eigenvalue weighted by Gasteiger charge is -2.21. The summed E-state index contributed by atoms with van der Waals surface area (Å²) in [6.07, 6.45) is 1.75. The van der Waals surface area contributed by atoms with E-state index in [1.54, 1.807) is 24.3 Å². The summed E-state index contributed by atoms with van der Waals surface area (Å²) in [7, 11) is 3.06. The van der Waals surface area contributed by atoms with Crippen LogP contribution in [0, 0.1) is 0 Å². The van der Waals surface area contributed by atoms with Crippen molar-refractivity contribution in [1.82, 2.24) is 4.90 Å². The van der Waals surface area contributed by atoms with E-state index < -0.39 is 0 Å². The molecule has 6 nitrogen and oxygen atoms in total. The first-order valence-electron chi connectivity index (χ1n) is 9.69. The molecule has 1 N–H and O–H groups in total. The van der Waals surface area contributed by atoms with Gasteiger partial charge < -0.3 is 19.3 Å². The van der Waals surface area contributed by atoms with Gasteiger partial charge >= 0.3 is 0 Å². The van der Waals surface area contributed by atoms with Crippen LogP contribution in [0.4, 0.5) is 0 Å². The largest absolute Gasteiger partial charge is 0.508 e. The van der Waals surface area contributed by atoms with E-state index in [-0.39, 0.29) is 18.1 Å². The van der Waals surface area contributed by atoms with Gasteiger partial charge in [0.1, 0.15) is 18.1 Å². The van der Waals surface area contributed by atoms with Gasteiger partial charge in [-0.15, -0.1) is 0 Å². The summed E-state index contributed by atoms with van der Waals surface area (Å²) in [6.45, 7) is 6.87. The number of hydrogen-bond acceptors (Lipinski definition) is 6. The second-order valence-electron chi connectivity index (χ2n) is 6.84. The molecule has 0 bridgehead atoms. The van der Waals surface area contributed by atoms with Crippen molar-refractivity contribution in [2.75, 3.05) is 33.9 Å². The van der Waals surface area contributed by atoms with Crippen molar-refractivity contribution in [3.8, 4) is 23.0 Å². The third-order valence-electron chi connectivity index (χ3n) is 5.14. The van der Waals surface area contributed by atoms with Crippen LogP contribution in [0.2, 0.25) is 0 Å². The van der Waals surface area contributed by atoms with E-state index in [1.165, 1.54) is 14.2 Å². The maximum absolute atomic E-state index is 13.0. The zero-order chi connectivity index (χ0) is 21.0. The Bertz CT molecular complexity index is 931. The molecule has 0 aromatic heterocycles. The molecule has 1 heterocycles. The fraction of sp³-hybridized carbons (Fsp3) is 0.348. The average molecular weight is 397 g/mol. The van der Waals surface area contributed by atoms with Gasteiger partial charge in [0.2, 0.25) is 0 Å². The van der Waals surface area contributed by atoms with Crippen LogP contribution in [-0.2, 0) is 6.54 Å². The van der Waals surface area contributed by atoms with E-state index in [9.17, 15) is 9.90 Å². The lowest BCUT2D eigenvalue weighted by molar-refractivity contribution is 0.1000. The Morgan fingerprint density at radius 2 is 1.79 bits per heavy atom. The predicted molar refractivity (Wildman–Crippen MR) is 112 cm³/mol. The predicted octanol–water partition coefficient (Wildman–Crippen LogP) is 3.91. The van der Waals surface area contributed by atoms with E-state index in [2.05, 4.69) is 18.7 Å². The molecule has 0 unspecified atom stereocenters. The summed E-state index contributed by atoms with van der Waals surface area (Å²) in [5.41, 5.74) is 2.56. The standard InChI is InChI=1S/C23H27NO5/c1-5-24(6-2)13-16-8-7-15(10-19(16)25)9-17-14-29-20-12-22(28-4)21(27-3)11-18(20)23(17)26/h7-12,25H,5-6,13-14H2,1-4H3/b17-9+. The van der Waals surface area contributed by atoms with Crippen LogP contribution in [0.1, 0.15) is 35.3 Å². The van der Waals surface area contributed by atoms with Gasteiger partial charge in [-0.1, -0.05) is 26.0 Å². The topological polar surface area (TPSA) is 68.2 Å². The highest BCUT2D eigenvalue weighted by atomic mass is 16.5. The molecule has 0 saturated carbocycles. The van der Waals surface area contributed by atoms with Gasteiger partial charge in [-0.25, -0.2) is 0 Å². The Morgan fingerprint density at radius 3 is 2.41 bits per heavy atom. The Kier molecular flexibility index (Phi) is 6.44. The number of phenols is 1. The van der Waals surface area contributed by atoms with Gasteiger partial charge in [-0.3, -0.25) is 9.69 Å². The minimum Gasteiger partial charge on any atom is -0.508 e. The van der Waals surface area contributed by atoms with E-state index in [1.807, 2.05) is 12.1 Å². The van der Waals surface area contributed by atoms with Crippen LogP contribution in [0.15, 0.2) is 35.9 Å². The number of aromatic hydroxyl groups is 1. The molecule has 1 aliphatic rings. The van der Waals surface area contributed by atoms with E-state index in [4.69, 9.17) is 14.2 Å². The number of ketones is 1. The molecule has 2 aromatic rings.